The van der Waals surface area contributed by atoms with Crippen molar-refractivity contribution in [2.75, 3.05) is 5.32 Å². The number of rotatable bonds is 4. The van der Waals surface area contributed by atoms with Gasteiger partial charge in [-0.2, -0.15) is 0 Å². The van der Waals surface area contributed by atoms with Crippen LogP contribution in [0.2, 0.25) is 0 Å². The molecule has 3 rings (SSSR count). The lowest BCUT2D eigenvalue weighted by Crippen LogP contribution is -2.19. The van der Waals surface area contributed by atoms with E-state index in [1.54, 1.807) is 12.1 Å². The molecule has 3 N–H and O–H groups in total. The summed E-state index contributed by atoms with van der Waals surface area (Å²) >= 11 is 0. The summed E-state index contributed by atoms with van der Waals surface area (Å²) in [4.78, 5) is 29.3. The van der Waals surface area contributed by atoms with Gasteiger partial charge in [0.15, 0.2) is 0 Å². The fourth-order valence-electron chi connectivity index (χ4n) is 2.60. The SMILES string of the molecule is Cc1cccc(CNc2cc3nc(C(=O)O)c(=O)[nH]c3cc2C)c1. The molecule has 0 fully saturated rings. The number of H-pyrrole nitrogens is 1. The van der Waals surface area contributed by atoms with Crippen molar-refractivity contribution in [1.29, 1.82) is 0 Å². The Morgan fingerprint density at radius 3 is 2.75 bits per heavy atom. The van der Waals surface area contributed by atoms with Crippen molar-refractivity contribution in [1.82, 2.24) is 9.97 Å². The lowest BCUT2D eigenvalue weighted by atomic mass is 10.1. The van der Waals surface area contributed by atoms with Crippen LogP contribution in [0.25, 0.3) is 11.0 Å². The third kappa shape index (κ3) is 3.12. The molecule has 24 heavy (non-hydrogen) atoms. The molecule has 3 aromatic rings. The predicted molar refractivity (Wildman–Crippen MR) is 92.6 cm³/mol. The maximum atomic E-state index is 11.7. The molecular formula is C18H17N3O3. The molecule has 6 heteroatoms. The molecule has 0 aliphatic rings. The number of carboxylic acids is 1. The average molecular weight is 323 g/mol. The van der Waals surface area contributed by atoms with Gasteiger partial charge in [0.2, 0.25) is 5.69 Å². The molecule has 2 aromatic carbocycles. The number of aromatic amines is 1. The van der Waals surface area contributed by atoms with E-state index in [4.69, 9.17) is 5.11 Å². The number of nitrogens with one attached hydrogen (secondary N) is 2. The van der Waals surface area contributed by atoms with Crippen LogP contribution >= 0.6 is 0 Å². The van der Waals surface area contributed by atoms with E-state index in [2.05, 4.69) is 21.4 Å². The first-order valence-corrected chi connectivity index (χ1v) is 7.51. The summed E-state index contributed by atoms with van der Waals surface area (Å²) in [5, 5.41) is 12.4. The first-order chi connectivity index (χ1) is 11.4. The van der Waals surface area contributed by atoms with Gasteiger partial charge in [-0.3, -0.25) is 4.79 Å². The Labute approximate surface area is 138 Å². The van der Waals surface area contributed by atoms with E-state index < -0.39 is 17.2 Å². The molecular weight excluding hydrogens is 306 g/mol. The zero-order valence-corrected chi connectivity index (χ0v) is 13.4. The molecule has 0 saturated carbocycles. The first-order valence-electron chi connectivity index (χ1n) is 7.51. The monoisotopic (exact) mass is 323 g/mol. The second-order valence-electron chi connectivity index (χ2n) is 5.75. The van der Waals surface area contributed by atoms with Crippen LogP contribution in [-0.2, 0) is 6.54 Å². The van der Waals surface area contributed by atoms with E-state index in [0.29, 0.717) is 17.6 Å². The molecule has 0 aliphatic heterocycles. The van der Waals surface area contributed by atoms with Gasteiger partial charge in [-0.15, -0.1) is 0 Å². The third-order valence-electron chi connectivity index (χ3n) is 3.81. The van der Waals surface area contributed by atoms with Gasteiger partial charge in [0, 0.05) is 12.2 Å². The highest BCUT2D eigenvalue weighted by Crippen LogP contribution is 2.21. The topological polar surface area (TPSA) is 95.1 Å². The van der Waals surface area contributed by atoms with Crippen LogP contribution in [0.4, 0.5) is 5.69 Å². The fraction of sp³-hybridized carbons (Fsp3) is 0.167. The Balaban J connectivity index is 1.96. The molecule has 122 valence electrons. The van der Waals surface area contributed by atoms with Gasteiger partial charge in [0.25, 0.3) is 5.56 Å². The van der Waals surface area contributed by atoms with E-state index in [-0.39, 0.29) is 0 Å². The van der Waals surface area contributed by atoms with Crippen LogP contribution in [0.5, 0.6) is 0 Å². The number of nitrogens with zero attached hydrogens (tertiary/aromatic N) is 1. The number of carbonyl (C=O) groups is 1. The number of hydrogen-bond acceptors (Lipinski definition) is 4. The van der Waals surface area contributed by atoms with Crippen molar-refractivity contribution < 1.29 is 9.90 Å². The van der Waals surface area contributed by atoms with Crippen molar-refractivity contribution in [3.8, 4) is 0 Å². The summed E-state index contributed by atoms with van der Waals surface area (Å²) in [5.74, 6) is -1.34. The highest BCUT2D eigenvalue weighted by molar-refractivity contribution is 5.89. The smallest absolute Gasteiger partial charge is 0.360 e. The van der Waals surface area contributed by atoms with Gasteiger partial charge in [0.05, 0.1) is 11.0 Å². The first kappa shape index (κ1) is 15.7. The maximum absolute atomic E-state index is 11.7. The number of aromatic nitrogens is 2. The van der Waals surface area contributed by atoms with E-state index in [9.17, 15) is 9.59 Å². The second kappa shape index (κ2) is 6.16. The molecule has 0 saturated heterocycles. The van der Waals surface area contributed by atoms with E-state index >= 15 is 0 Å². The number of fused-ring (bicyclic) bond motifs is 1. The predicted octanol–water partition coefficient (Wildman–Crippen LogP) is 2.85. The summed E-state index contributed by atoms with van der Waals surface area (Å²) in [5.41, 5.74) is 3.87. The third-order valence-corrected chi connectivity index (χ3v) is 3.81. The Bertz CT molecular complexity index is 992. The number of hydrogen-bond donors (Lipinski definition) is 3. The van der Waals surface area contributed by atoms with Crippen LogP contribution in [0.15, 0.2) is 41.2 Å². The summed E-state index contributed by atoms with van der Waals surface area (Å²) in [6.07, 6.45) is 0. The van der Waals surface area contributed by atoms with Crippen LogP contribution in [0, 0.1) is 13.8 Å². The van der Waals surface area contributed by atoms with Crippen molar-refractivity contribution in [3.05, 3.63) is 69.1 Å². The minimum atomic E-state index is -1.34. The number of benzene rings is 2. The molecule has 1 heterocycles. The molecule has 6 nitrogen and oxygen atoms in total. The largest absolute Gasteiger partial charge is 0.476 e. The normalized spacial score (nSPS) is 10.8. The molecule has 0 amide bonds. The average Bonchev–Trinajstić information content (AvgIpc) is 2.52. The standard InChI is InChI=1S/C18H17N3O3/c1-10-4-3-5-12(6-10)9-19-13-8-15-14(7-11(13)2)21-17(22)16(20-15)18(23)24/h3-8,19H,9H2,1-2H3,(H,21,22)(H,23,24). The van der Waals surface area contributed by atoms with E-state index in [0.717, 1.165) is 16.8 Å². The van der Waals surface area contributed by atoms with Gasteiger partial charge >= 0.3 is 5.97 Å². The van der Waals surface area contributed by atoms with Crippen LogP contribution in [0.1, 0.15) is 27.2 Å². The summed E-state index contributed by atoms with van der Waals surface area (Å²) in [6, 6.07) is 11.7. The van der Waals surface area contributed by atoms with Crippen LogP contribution < -0.4 is 10.9 Å². The summed E-state index contributed by atoms with van der Waals surface area (Å²) in [7, 11) is 0. The molecule has 0 spiro atoms. The molecule has 1 aromatic heterocycles. The number of aryl methyl sites for hydroxylation is 2. The van der Waals surface area contributed by atoms with Crippen molar-refractivity contribution in [2.24, 2.45) is 0 Å². The molecule has 0 bridgehead atoms. The van der Waals surface area contributed by atoms with Crippen LogP contribution in [-0.4, -0.2) is 21.0 Å². The Hall–Kier alpha value is -3.15. The summed E-state index contributed by atoms with van der Waals surface area (Å²) < 4.78 is 0. The number of carboxylic acid groups (broad SMARTS) is 1. The Morgan fingerprint density at radius 1 is 1.25 bits per heavy atom. The minimum absolute atomic E-state index is 0.435. The lowest BCUT2D eigenvalue weighted by molar-refractivity contribution is 0.0689. The number of anilines is 1. The second-order valence-corrected chi connectivity index (χ2v) is 5.75. The molecule has 0 radical (unpaired) electrons. The maximum Gasteiger partial charge on any atom is 0.360 e. The minimum Gasteiger partial charge on any atom is -0.476 e. The number of aromatic carboxylic acids is 1. The molecule has 0 unspecified atom stereocenters. The van der Waals surface area contributed by atoms with Gasteiger partial charge in [0.1, 0.15) is 0 Å². The van der Waals surface area contributed by atoms with Crippen molar-refractivity contribution in [2.45, 2.75) is 20.4 Å². The molecule has 0 atom stereocenters. The Morgan fingerprint density at radius 2 is 2.04 bits per heavy atom. The Kier molecular flexibility index (Phi) is 4.04. The van der Waals surface area contributed by atoms with Gasteiger partial charge in [-0.1, -0.05) is 29.8 Å². The molecule has 0 aliphatic carbocycles. The van der Waals surface area contributed by atoms with Crippen LogP contribution in [0.3, 0.4) is 0 Å². The van der Waals surface area contributed by atoms with Gasteiger partial charge in [-0.25, -0.2) is 9.78 Å². The van der Waals surface area contributed by atoms with Crippen molar-refractivity contribution in [3.63, 3.8) is 0 Å². The quantitative estimate of drug-likeness (QED) is 0.686. The fourth-order valence-corrected chi connectivity index (χ4v) is 2.60. The highest BCUT2D eigenvalue weighted by atomic mass is 16.4. The highest BCUT2D eigenvalue weighted by Gasteiger charge is 2.13. The van der Waals surface area contributed by atoms with Gasteiger partial charge in [-0.05, 0) is 37.1 Å². The van der Waals surface area contributed by atoms with E-state index in [1.165, 1.54) is 5.56 Å². The van der Waals surface area contributed by atoms with E-state index in [1.807, 2.05) is 32.0 Å². The van der Waals surface area contributed by atoms with Gasteiger partial charge < -0.3 is 15.4 Å². The zero-order valence-electron chi connectivity index (χ0n) is 13.4. The summed E-state index contributed by atoms with van der Waals surface area (Å²) in [6.45, 7) is 4.60. The lowest BCUT2D eigenvalue weighted by Gasteiger charge is -2.11. The zero-order chi connectivity index (χ0) is 17.3. The van der Waals surface area contributed by atoms with Crippen molar-refractivity contribution >= 4 is 22.7 Å².